The molecule has 0 saturated heterocycles. The number of methoxy groups -OCH3 is 2. The lowest BCUT2D eigenvalue weighted by Crippen LogP contribution is -2.45. The number of carbonyl (C=O) groups excluding carboxylic acids is 1. The van der Waals surface area contributed by atoms with Gasteiger partial charge in [-0.3, -0.25) is 4.79 Å². The fourth-order valence-corrected chi connectivity index (χ4v) is 1.39. The van der Waals surface area contributed by atoms with Gasteiger partial charge in [0.2, 0.25) is 5.91 Å². The summed E-state index contributed by atoms with van der Waals surface area (Å²) in [6, 6.07) is 0.0367. The van der Waals surface area contributed by atoms with E-state index in [0.717, 1.165) is 0 Å². The van der Waals surface area contributed by atoms with Gasteiger partial charge in [0.05, 0.1) is 6.04 Å². The molecule has 14 heavy (non-hydrogen) atoms. The largest absolute Gasteiger partial charge is 0.370 e. The molecule has 0 aliphatic rings. The van der Waals surface area contributed by atoms with Gasteiger partial charge in [-0.1, -0.05) is 0 Å². The van der Waals surface area contributed by atoms with Crippen molar-refractivity contribution in [2.45, 2.75) is 38.6 Å². The molecule has 0 radical (unpaired) electrons. The quantitative estimate of drug-likeness (QED) is 0.565. The molecule has 1 amide bonds. The maximum atomic E-state index is 10.6. The van der Waals surface area contributed by atoms with Crippen LogP contribution in [0.2, 0.25) is 0 Å². The monoisotopic (exact) mass is 204 g/mol. The summed E-state index contributed by atoms with van der Waals surface area (Å²) in [6.45, 7) is 3.82. The van der Waals surface area contributed by atoms with Crippen molar-refractivity contribution in [1.82, 2.24) is 5.32 Å². The van der Waals surface area contributed by atoms with Gasteiger partial charge in [-0.15, -0.1) is 0 Å². The van der Waals surface area contributed by atoms with Crippen LogP contribution in [0.3, 0.4) is 0 Å². The second kappa shape index (κ2) is 6.75. The number of hydrogen-bond donors (Lipinski definition) is 2. The average Bonchev–Trinajstić information content (AvgIpc) is 2.04. The van der Waals surface area contributed by atoms with Gasteiger partial charge in [-0.05, 0) is 13.8 Å². The Morgan fingerprint density at radius 3 is 2.21 bits per heavy atom. The third-order valence-corrected chi connectivity index (χ3v) is 1.93. The van der Waals surface area contributed by atoms with Gasteiger partial charge in [0.1, 0.15) is 0 Å². The molecule has 2 unspecified atom stereocenters. The Labute approximate surface area is 84.9 Å². The predicted molar refractivity (Wildman–Crippen MR) is 53.7 cm³/mol. The predicted octanol–water partition coefficient (Wildman–Crippen LogP) is -0.153. The fourth-order valence-electron chi connectivity index (χ4n) is 1.39. The summed E-state index contributed by atoms with van der Waals surface area (Å²) in [7, 11) is 3.15. The summed E-state index contributed by atoms with van der Waals surface area (Å²) in [6.07, 6.45) is -0.00450. The first kappa shape index (κ1) is 13.4. The zero-order valence-electron chi connectivity index (χ0n) is 9.24. The summed E-state index contributed by atoms with van der Waals surface area (Å²) >= 11 is 0. The van der Waals surface area contributed by atoms with Gasteiger partial charge >= 0.3 is 0 Å². The van der Waals surface area contributed by atoms with Crippen LogP contribution in [-0.4, -0.2) is 38.5 Å². The van der Waals surface area contributed by atoms with E-state index in [1.54, 1.807) is 14.2 Å². The lowest BCUT2D eigenvalue weighted by molar-refractivity contribution is -0.123. The van der Waals surface area contributed by atoms with E-state index in [2.05, 4.69) is 5.32 Å². The van der Waals surface area contributed by atoms with Crippen LogP contribution in [0.4, 0.5) is 0 Å². The highest BCUT2D eigenvalue weighted by Crippen LogP contribution is 2.01. The minimum atomic E-state index is -0.316. The Morgan fingerprint density at radius 2 is 1.86 bits per heavy atom. The van der Waals surface area contributed by atoms with Crippen LogP contribution in [0, 0.1) is 0 Å². The molecule has 0 saturated carbocycles. The highest BCUT2D eigenvalue weighted by Gasteiger charge is 2.18. The molecule has 0 aromatic rings. The first-order valence-electron chi connectivity index (χ1n) is 4.61. The second-order valence-electron chi connectivity index (χ2n) is 3.37. The van der Waals surface area contributed by atoms with E-state index in [0.29, 0.717) is 6.42 Å². The van der Waals surface area contributed by atoms with Crippen molar-refractivity contribution >= 4 is 5.91 Å². The molecule has 84 valence electrons. The molecule has 0 aliphatic carbocycles. The summed E-state index contributed by atoms with van der Waals surface area (Å²) in [5.41, 5.74) is 5.07. The number of nitrogens with two attached hydrogens (primary N) is 1. The normalized spacial score (nSPS) is 15.5. The van der Waals surface area contributed by atoms with Crippen LogP contribution in [0.15, 0.2) is 0 Å². The van der Waals surface area contributed by atoms with Gasteiger partial charge < -0.3 is 20.5 Å². The molecule has 0 bridgehead atoms. The zero-order chi connectivity index (χ0) is 11.1. The number of nitrogens with one attached hydrogen (secondary N) is 1. The molecule has 0 aromatic carbocycles. The molecule has 0 aliphatic heterocycles. The van der Waals surface area contributed by atoms with E-state index in [9.17, 15) is 4.79 Å². The van der Waals surface area contributed by atoms with Crippen molar-refractivity contribution in [2.24, 2.45) is 5.73 Å². The number of amides is 1. The smallest absolute Gasteiger partial charge is 0.218 e. The van der Waals surface area contributed by atoms with Crippen LogP contribution in [0.5, 0.6) is 0 Å². The van der Waals surface area contributed by atoms with Gasteiger partial charge in [-0.25, -0.2) is 0 Å². The fraction of sp³-hybridized carbons (Fsp3) is 0.889. The SMILES string of the molecule is COC(OC)C(C)NC(C)CC(N)=O. The highest BCUT2D eigenvalue weighted by molar-refractivity contribution is 5.74. The number of primary amides is 1. The minimum absolute atomic E-state index is 0.0133. The van der Waals surface area contributed by atoms with Crippen LogP contribution in [0.25, 0.3) is 0 Å². The van der Waals surface area contributed by atoms with E-state index in [1.165, 1.54) is 0 Å². The Morgan fingerprint density at radius 1 is 1.36 bits per heavy atom. The van der Waals surface area contributed by atoms with Crippen molar-refractivity contribution in [3.05, 3.63) is 0 Å². The van der Waals surface area contributed by atoms with E-state index in [4.69, 9.17) is 15.2 Å². The maximum Gasteiger partial charge on any atom is 0.218 e. The van der Waals surface area contributed by atoms with E-state index in [1.807, 2.05) is 13.8 Å². The molecular weight excluding hydrogens is 184 g/mol. The van der Waals surface area contributed by atoms with Crippen LogP contribution >= 0.6 is 0 Å². The van der Waals surface area contributed by atoms with Gasteiger partial charge in [-0.2, -0.15) is 0 Å². The van der Waals surface area contributed by atoms with Crippen LogP contribution < -0.4 is 11.1 Å². The molecule has 0 fully saturated rings. The van der Waals surface area contributed by atoms with Crippen molar-refractivity contribution in [2.75, 3.05) is 14.2 Å². The molecule has 2 atom stereocenters. The second-order valence-corrected chi connectivity index (χ2v) is 3.37. The first-order chi connectivity index (χ1) is 6.51. The number of ether oxygens (including phenoxy) is 2. The van der Waals surface area contributed by atoms with Crippen LogP contribution in [-0.2, 0) is 14.3 Å². The summed E-state index contributed by atoms with van der Waals surface area (Å²) in [5, 5.41) is 3.16. The Balaban J connectivity index is 3.90. The van der Waals surface area contributed by atoms with Gasteiger partial charge in [0.25, 0.3) is 0 Å². The van der Waals surface area contributed by atoms with Crippen molar-refractivity contribution in [3.8, 4) is 0 Å². The maximum absolute atomic E-state index is 10.6. The van der Waals surface area contributed by atoms with Gasteiger partial charge in [0.15, 0.2) is 6.29 Å². The Bertz CT molecular complexity index is 171. The number of rotatable bonds is 7. The molecular formula is C9H20N2O3. The summed E-state index contributed by atoms with van der Waals surface area (Å²) in [5.74, 6) is -0.316. The average molecular weight is 204 g/mol. The topological polar surface area (TPSA) is 73.6 Å². The molecule has 5 heteroatoms. The van der Waals surface area contributed by atoms with Crippen molar-refractivity contribution < 1.29 is 14.3 Å². The molecule has 3 N–H and O–H groups in total. The van der Waals surface area contributed by atoms with Crippen molar-refractivity contribution in [3.63, 3.8) is 0 Å². The van der Waals surface area contributed by atoms with Gasteiger partial charge in [0, 0.05) is 26.7 Å². The molecule has 0 spiro atoms. The molecule has 0 rings (SSSR count). The lowest BCUT2D eigenvalue weighted by atomic mass is 10.2. The Hall–Kier alpha value is -0.650. The lowest BCUT2D eigenvalue weighted by Gasteiger charge is -2.25. The summed E-state index contributed by atoms with van der Waals surface area (Å²) < 4.78 is 10.1. The number of carbonyl (C=O) groups is 1. The first-order valence-corrected chi connectivity index (χ1v) is 4.61. The third kappa shape index (κ3) is 5.16. The molecule has 0 heterocycles. The van der Waals surface area contributed by atoms with E-state index < -0.39 is 0 Å². The van der Waals surface area contributed by atoms with Crippen LogP contribution in [0.1, 0.15) is 20.3 Å². The number of hydrogen-bond acceptors (Lipinski definition) is 4. The molecule has 5 nitrogen and oxygen atoms in total. The highest BCUT2D eigenvalue weighted by atomic mass is 16.7. The van der Waals surface area contributed by atoms with E-state index >= 15 is 0 Å². The summed E-state index contributed by atoms with van der Waals surface area (Å²) in [4.78, 5) is 10.6. The minimum Gasteiger partial charge on any atom is -0.370 e. The van der Waals surface area contributed by atoms with Crippen molar-refractivity contribution in [1.29, 1.82) is 0 Å². The molecule has 0 aromatic heterocycles. The zero-order valence-corrected chi connectivity index (χ0v) is 9.24. The Kier molecular flexibility index (Phi) is 6.44. The third-order valence-electron chi connectivity index (χ3n) is 1.93. The van der Waals surface area contributed by atoms with E-state index in [-0.39, 0.29) is 24.3 Å². The standard InChI is InChI=1S/C9H20N2O3/c1-6(5-8(10)12)11-7(2)9(13-3)14-4/h6-7,9,11H,5H2,1-4H3,(H2,10,12).